The van der Waals surface area contributed by atoms with E-state index in [-0.39, 0.29) is 0 Å². The molecule has 1 aromatic heterocycles. The van der Waals surface area contributed by atoms with Crippen molar-refractivity contribution in [3.63, 3.8) is 0 Å². The second kappa shape index (κ2) is 6.14. The molecule has 0 aliphatic carbocycles. The molecule has 3 aromatic rings. The summed E-state index contributed by atoms with van der Waals surface area (Å²) in [6.07, 6.45) is 2.28. The van der Waals surface area contributed by atoms with Gasteiger partial charge >= 0.3 is 0 Å². The highest BCUT2D eigenvalue weighted by molar-refractivity contribution is 6.09. The fraction of sp³-hybridized carbons (Fsp3) is 0.429. The highest BCUT2D eigenvalue weighted by Gasteiger charge is 2.24. The van der Waals surface area contributed by atoms with Crippen molar-refractivity contribution in [3.05, 3.63) is 42.0 Å². The zero-order chi connectivity index (χ0) is 16.7. The van der Waals surface area contributed by atoms with E-state index in [4.69, 9.17) is 0 Å². The van der Waals surface area contributed by atoms with Gasteiger partial charge in [-0.25, -0.2) is 0 Å². The van der Waals surface area contributed by atoms with Crippen LogP contribution in [0, 0.1) is 0 Å². The molecule has 1 saturated heterocycles. The summed E-state index contributed by atoms with van der Waals surface area (Å²) in [5.41, 5.74) is 5.46. The minimum Gasteiger partial charge on any atom is -0.368 e. The Kier molecular flexibility index (Phi) is 3.97. The van der Waals surface area contributed by atoms with Crippen molar-refractivity contribution in [2.75, 3.05) is 18.0 Å². The molecule has 1 fully saturated rings. The summed E-state index contributed by atoms with van der Waals surface area (Å²) in [6, 6.07) is 14.3. The number of piperazine rings is 1. The Balaban J connectivity index is 1.89. The minimum atomic E-state index is 0.529. The topological polar surface area (TPSA) is 31.1 Å². The van der Waals surface area contributed by atoms with E-state index in [0.717, 1.165) is 19.5 Å². The third-order valence-electron chi connectivity index (χ3n) is 5.16. The van der Waals surface area contributed by atoms with Crippen molar-refractivity contribution in [1.29, 1.82) is 0 Å². The molecular weight excluding hydrogens is 294 g/mol. The van der Waals surface area contributed by atoms with Crippen molar-refractivity contribution in [2.45, 2.75) is 45.7 Å². The highest BCUT2D eigenvalue weighted by atomic mass is 15.2. The van der Waals surface area contributed by atoms with Crippen molar-refractivity contribution in [2.24, 2.45) is 0 Å². The third-order valence-corrected chi connectivity index (χ3v) is 5.16. The molecule has 24 heavy (non-hydrogen) atoms. The molecule has 2 atom stereocenters. The number of aromatic amines is 1. The van der Waals surface area contributed by atoms with Gasteiger partial charge in [0.1, 0.15) is 0 Å². The number of anilines is 1. The summed E-state index contributed by atoms with van der Waals surface area (Å²) in [7, 11) is 0. The molecule has 0 spiro atoms. The first kappa shape index (κ1) is 15.5. The van der Waals surface area contributed by atoms with Gasteiger partial charge in [-0.1, -0.05) is 37.6 Å². The van der Waals surface area contributed by atoms with E-state index in [9.17, 15) is 0 Å². The van der Waals surface area contributed by atoms with E-state index < -0.39 is 0 Å². The van der Waals surface area contributed by atoms with Crippen LogP contribution < -0.4 is 10.2 Å². The molecule has 0 unspecified atom stereocenters. The number of rotatable bonds is 3. The zero-order valence-electron chi connectivity index (χ0n) is 14.9. The van der Waals surface area contributed by atoms with E-state index >= 15 is 0 Å². The summed E-state index contributed by atoms with van der Waals surface area (Å²) >= 11 is 0. The number of aromatic nitrogens is 1. The molecule has 2 heterocycles. The molecule has 0 bridgehead atoms. The summed E-state index contributed by atoms with van der Waals surface area (Å²) < 4.78 is 0. The summed E-state index contributed by atoms with van der Waals surface area (Å²) in [5, 5.41) is 6.33. The van der Waals surface area contributed by atoms with Crippen LogP contribution in [-0.4, -0.2) is 30.2 Å². The largest absolute Gasteiger partial charge is 0.368 e. The van der Waals surface area contributed by atoms with Gasteiger partial charge in [-0.15, -0.1) is 0 Å². The van der Waals surface area contributed by atoms with Crippen LogP contribution in [0.5, 0.6) is 0 Å². The number of benzene rings is 2. The van der Waals surface area contributed by atoms with Crippen LogP contribution in [0.4, 0.5) is 5.69 Å². The number of H-pyrrole nitrogens is 1. The quantitative estimate of drug-likeness (QED) is 0.746. The first-order chi connectivity index (χ1) is 11.7. The SMILES string of the molecule is CCCc1c(N2C[C@@H](C)N[C@@H](C)C2)ccc2c1[nH]c1ccccc12. The minimum absolute atomic E-state index is 0.529. The van der Waals surface area contributed by atoms with Crippen LogP contribution in [0.3, 0.4) is 0 Å². The van der Waals surface area contributed by atoms with Gasteiger partial charge in [0.05, 0.1) is 5.52 Å². The van der Waals surface area contributed by atoms with Gasteiger partial charge in [0.2, 0.25) is 0 Å². The van der Waals surface area contributed by atoms with Crippen molar-refractivity contribution >= 4 is 27.5 Å². The van der Waals surface area contributed by atoms with Crippen LogP contribution in [0.25, 0.3) is 21.8 Å². The number of nitrogens with zero attached hydrogens (tertiary/aromatic N) is 1. The molecule has 0 amide bonds. The molecule has 0 radical (unpaired) electrons. The Morgan fingerprint density at radius 3 is 2.50 bits per heavy atom. The average molecular weight is 321 g/mol. The Morgan fingerprint density at radius 1 is 1.00 bits per heavy atom. The first-order valence-electron chi connectivity index (χ1n) is 9.20. The van der Waals surface area contributed by atoms with Gasteiger partial charge < -0.3 is 15.2 Å². The van der Waals surface area contributed by atoms with Crippen LogP contribution in [-0.2, 0) is 6.42 Å². The second-order valence-corrected chi connectivity index (χ2v) is 7.28. The monoisotopic (exact) mass is 321 g/mol. The van der Waals surface area contributed by atoms with E-state index in [1.165, 1.54) is 39.5 Å². The van der Waals surface area contributed by atoms with Crippen LogP contribution in [0.15, 0.2) is 36.4 Å². The van der Waals surface area contributed by atoms with Crippen molar-refractivity contribution < 1.29 is 0 Å². The lowest BCUT2D eigenvalue weighted by atomic mass is 10.0. The average Bonchev–Trinajstić information content (AvgIpc) is 2.93. The maximum Gasteiger partial charge on any atom is 0.0518 e. The molecule has 1 aliphatic heterocycles. The lowest BCUT2D eigenvalue weighted by molar-refractivity contribution is 0.406. The Hall–Kier alpha value is -2.00. The molecule has 126 valence electrons. The number of hydrogen-bond donors (Lipinski definition) is 2. The maximum absolute atomic E-state index is 3.69. The lowest BCUT2D eigenvalue weighted by Gasteiger charge is -2.38. The van der Waals surface area contributed by atoms with Gasteiger partial charge in [-0.2, -0.15) is 0 Å². The molecule has 3 heteroatoms. The fourth-order valence-electron chi connectivity index (χ4n) is 4.29. The van der Waals surface area contributed by atoms with Gasteiger partial charge in [0, 0.05) is 47.1 Å². The predicted molar refractivity (Wildman–Crippen MR) is 104 cm³/mol. The molecule has 0 saturated carbocycles. The number of aryl methyl sites for hydroxylation is 1. The van der Waals surface area contributed by atoms with E-state index in [1.54, 1.807) is 0 Å². The normalized spacial score (nSPS) is 21.7. The number of nitrogens with one attached hydrogen (secondary N) is 2. The highest BCUT2D eigenvalue weighted by Crippen LogP contribution is 2.34. The Bertz CT molecular complexity index is 854. The van der Waals surface area contributed by atoms with E-state index in [0.29, 0.717) is 12.1 Å². The fourth-order valence-corrected chi connectivity index (χ4v) is 4.29. The van der Waals surface area contributed by atoms with E-state index in [1.807, 2.05) is 0 Å². The summed E-state index contributed by atoms with van der Waals surface area (Å²) in [5.74, 6) is 0. The summed E-state index contributed by atoms with van der Waals surface area (Å²) in [4.78, 5) is 6.26. The first-order valence-corrected chi connectivity index (χ1v) is 9.20. The summed E-state index contributed by atoms with van der Waals surface area (Å²) in [6.45, 7) is 8.99. The van der Waals surface area contributed by atoms with Gasteiger partial charge in [0.15, 0.2) is 0 Å². The lowest BCUT2D eigenvalue weighted by Crippen LogP contribution is -2.54. The maximum atomic E-state index is 3.69. The molecule has 2 aromatic carbocycles. The Morgan fingerprint density at radius 2 is 1.75 bits per heavy atom. The molecule has 2 N–H and O–H groups in total. The Labute approximate surface area is 144 Å². The number of para-hydroxylation sites is 1. The zero-order valence-corrected chi connectivity index (χ0v) is 14.9. The van der Waals surface area contributed by atoms with Crippen LogP contribution >= 0.6 is 0 Å². The van der Waals surface area contributed by atoms with Crippen LogP contribution in [0.1, 0.15) is 32.8 Å². The number of hydrogen-bond acceptors (Lipinski definition) is 2. The van der Waals surface area contributed by atoms with Crippen molar-refractivity contribution in [3.8, 4) is 0 Å². The molecular formula is C21H27N3. The van der Waals surface area contributed by atoms with Gasteiger partial charge in [0.25, 0.3) is 0 Å². The second-order valence-electron chi connectivity index (χ2n) is 7.28. The molecule has 4 rings (SSSR count). The predicted octanol–water partition coefficient (Wildman–Crippen LogP) is 4.46. The van der Waals surface area contributed by atoms with Crippen LogP contribution in [0.2, 0.25) is 0 Å². The van der Waals surface area contributed by atoms with E-state index in [2.05, 4.69) is 72.4 Å². The van der Waals surface area contributed by atoms with Crippen molar-refractivity contribution in [1.82, 2.24) is 10.3 Å². The third kappa shape index (κ3) is 2.57. The molecule has 3 nitrogen and oxygen atoms in total. The smallest absolute Gasteiger partial charge is 0.0518 e. The van der Waals surface area contributed by atoms with Gasteiger partial charge in [-0.3, -0.25) is 0 Å². The number of fused-ring (bicyclic) bond motifs is 3. The molecule has 1 aliphatic rings. The standard InChI is InChI=1S/C21H27N3/c1-4-7-18-20(24-12-14(2)22-15(3)13-24)11-10-17-16-8-5-6-9-19(16)23-21(17)18/h5-6,8-11,14-15,22-23H,4,7,12-13H2,1-3H3/t14-,15+. The van der Waals surface area contributed by atoms with Gasteiger partial charge in [-0.05, 0) is 38.0 Å².